The molecule has 0 bridgehead atoms. The van der Waals surface area contributed by atoms with Crippen molar-refractivity contribution in [2.24, 2.45) is 20.0 Å². The molecule has 182 valence electrons. The van der Waals surface area contributed by atoms with E-state index in [4.69, 9.17) is 0 Å². The molecule has 3 N–H and O–H groups in total. The van der Waals surface area contributed by atoms with Gasteiger partial charge in [-0.05, 0) is 49.4 Å². The summed E-state index contributed by atoms with van der Waals surface area (Å²) in [4.78, 5) is 17.5. The molecule has 1 saturated carbocycles. The van der Waals surface area contributed by atoms with Crippen molar-refractivity contribution >= 4 is 11.7 Å². The van der Waals surface area contributed by atoms with E-state index >= 15 is 0 Å². The van der Waals surface area contributed by atoms with Gasteiger partial charge in [-0.1, -0.05) is 32.1 Å². The number of hydrogen-bond donors (Lipinski definition) is 3. The van der Waals surface area contributed by atoms with Crippen LogP contribution in [0.4, 0.5) is 5.82 Å². The first-order chi connectivity index (χ1) is 16.4. The normalized spacial score (nSPS) is 16.9. The molecule has 0 spiro atoms. The molecule has 0 saturated heterocycles. The molecule has 2 unspecified atom stereocenters. The molecule has 1 fully saturated rings. The number of nitrogens with one attached hydrogen (secondary N) is 2. The molecule has 9 nitrogen and oxygen atoms in total. The van der Waals surface area contributed by atoms with Gasteiger partial charge in [-0.15, -0.1) is 0 Å². The third-order valence-corrected chi connectivity index (χ3v) is 6.80. The number of nitrogens with zero attached hydrogens (tertiary/aromatic N) is 5. The van der Waals surface area contributed by atoms with Crippen molar-refractivity contribution in [3.8, 4) is 11.3 Å². The molecule has 34 heavy (non-hydrogen) atoms. The SMILES string of the molecule is Cc1cnn(C)c1-c1ccc(NC(O)C(NC(=O)c2ccnn2C)C2CCCCCCC2)nc1. The molecule has 1 aliphatic rings. The Morgan fingerprint density at radius 2 is 1.76 bits per heavy atom. The summed E-state index contributed by atoms with van der Waals surface area (Å²) in [5, 5.41) is 25.8. The van der Waals surface area contributed by atoms with Crippen LogP contribution < -0.4 is 10.6 Å². The highest BCUT2D eigenvalue weighted by Gasteiger charge is 2.31. The number of aliphatic hydroxyl groups excluding tert-OH is 1. The van der Waals surface area contributed by atoms with E-state index < -0.39 is 12.3 Å². The molecular formula is C25H35N7O2. The first-order valence-corrected chi connectivity index (χ1v) is 12.1. The zero-order valence-corrected chi connectivity index (χ0v) is 20.2. The standard InChI is InChI=1S/C25H35N7O2/c1-17-15-28-32(3)23(17)19-11-12-21(26-16-19)29-25(34)22(18-9-7-5-4-6-8-10-18)30-24(33)20-13-14-27-31(20)2/h11-16,18,22,25,34H,4-10H2,1-3H3,(H,26,29)(H,30,33). The number of amides is 1. The van der Waals surface area contributed by atoms with Gasteiger partial charge in [0.15, 0.2) is 0 Å². The lowest BCUT2D eigenvalue weighted by Gasteiger charge is -2.33. The summed E-state index contributed by atoms with van der Waals surface area (Å²) in [6, 6.07) is 5.06. The Morgan fingerprint density at radius 3 is 2.35 bits per heavy atom. The quantitative estimate of drug-likeness (QED) is 0.461. The Morgan fingerprint density at radius 1 is 1.03 bits per heavy atom. The van der Waals surface area contributed by atoms with Gasteiger partial charge in [0.2, 0.25) is 0 Å². The molecular weight excluding hydrogens is 430 g/mol. The summed E-state index contributed by atoms with van der Waals surface area (Å²) in [7, 11) is 3.65. The number of hydrogen-bond acceptors (Lipinski definition) is 6. The summed E-state index contributed by atoms with van der Waals surface area (Å²) in [5.41, 5.74) is 3.51. The second-order valence-corrected chi connectivity index (χ2v) is 9.27. The van der Waals surface area contributed by atoms with Crippen LogP contribution in [0.25, 0.3) is 11.3 Å². The fourth-order valence-electron chi connectivity index (χ4n) is 4.95. The summed E-state index contributed by atoms with van der Waals surface area (Å²) in [5.74, 6) is 0.501. The zero-order valence-electron chi connectivity index (χ0n) is 20.2. The third-order valence-electron chi connectivity index (χ3n) is 6.80. The molecule has 1 amide bonds. The van der Waals surface area contributed by atoms with Gasteiger partial charge in [0.1, 0.15) is 17.7 Å². The predicted octanol–water partition coefficient (Wildman–Crippen LogP) is 3.41. The highest BCUT2D eigenvalue weighted by Crippen LogP contribution is 2.28. The monoisotopic (exact) mass is 465 g/mol. The van der Waals surface area contributed by atoms with Gasteiger partial charge in [-0.3, -0.25) is 14.2 Å². The smallest absolute Gasteiger partial charge is 0.269 e. The van der Waals surface area contributed by atoms with Crippen LogP contribution in [-0.4, -0.2) is 47.8 Å². The van der Waals surface area contributed by atoms with E-state index in [0.29, 0.717) is 11.5 Å². The Balaban J connectivity index is 1.51. The number of aryl methyl sites for hydroxylation is 3. The van der Waals surface area contributed by atoms with Crippen LogP contribution in [0.5, 0.6) is 0 Å². The van der Waals surface area contributed by atoms with Crippen LogP contribution in [0.1, 0.15) is 61.0 Å². The minimum Gasteiger partial charge on any atom is -0.372 e. The molecule has 3 aromatic rings. The summed E-state index contributed by atoms with van der Waals surface area (Å²) < 4.78 is 3.37. The number of aliphatic hydroxyl groups is 1. The minimum atomic E-state index is -0.974. The van der Waals surface area contributed by atoms with E-state index in [1.807, 2.05) is 37.0 Å². The second-order valence-electron chi connectivity index (χ2n) is 9.27. The van der Waals surface area contributed by atoms with Crippen molar-refractivity contribution in [2.75, 3.05) is 5.32 Å². The van der Waals surface area contributed by atoms with Crippen molar-refractivity contribution in [3.05, 3.63) is 48.0 Å². The molecule has 0 aliphatic heterocycles. The number of pyridine rings is 1. The van der Waals surface area contributed by atoms with Gasteiger partial charge in [0.05, 0.1) is 17.9 Å². The van der Waals surface area contributed by atoms with Gasteiger partial charge < -0.3 is 15.7 Å². The third kappa shape index (κ3) is 5.47. The topological polar surface area (TPSA) is 110 Å². The Kier molecular flexibility index (Phi) is 7.62. The fraction of sp³-hybridized carbons (Fsp3) is 0.520. The molecule has 1 aliphatic carbocycles. The molecule has 3 aromatic heterocycles. The maximum Gasteiger partial charge on any atom is 0.269 e. The Labute approximate surface area is 200 Å². The molecule has 9 heteroatoms. The van der Waals surface area contributed by atoms with Gasteiger partial charge in [0.25, 0.3) is 5.91 Å². The molecule has 2 atom stereocenters. The van der Waals surface area contributed by atoms with E-state index in [1.165, 1.54) is 19.3 Å². The Hall–Kier alpha value is -3.20. The van der Waals surface area contributed by atoms with Crippen molar-refractivity contribution in [3.63, 3.8) is 0 Å². The maximum absolute atomic E-state index is 13.0. The van der Waals surface area contributed by atoms with Gasteiger partial charge >= 0.3 is 0 Å². The highest BCUT2D eigenvalue weighted by molar-refractivity contribution is 5.92. The first-order valence-electron chi connectivity index (χ1n) is 12.1. The fourth-order valence-corrected chi connectivity index (χ4v) is 4.95. The first kappa shape index (κ1) is 23.9. The van der Waals surface area contributed by atoms with Crippen molar-refractivity contribution in [2.45, 2.75) is 64.1 Å². The van der Waals surface area contributed by atoms with Crippen LogP contribution in [0.2, 0.25) is 0 Å². The largest absolute Gasteiger partial charge is 0.372 e. The van der Waals surface area contributed by atoms with Crippen molar-refractivity contribution in [1.29, 1.82) is 0 Å². The molecule has 3 heterocycles. The van der Waals surface area contributed by atoms with Crippen LogP contribution >= 0.6 is 0 Å². The number of carbonyl (C=O) groups excluding carboxylic acids is 1. The lowest BCUT2D eigenvalue weighted by molar-refractivity contribution is 0.0756. The maximum atomic E-state index is 13.0. The average Bonchev–Trinajstić information content (AvgIpc) is 3.37. The summed E-state index contributed by atoms with van der Waals surface area (Å²) in [6.45, 7) is 2.02. The lowest BCUT2D eigenvalue weighted by Crippen LogP contribution is -2.51. The van der Waals surface area contributed by atoms with E-state index in [1.54, 1.807) is 30.2 Å². The molecule has 4 rings (SSSR count). The number of aromatic nitrogens is 5. The van der Waals surface area contributed by atoms with E-state index in [2.05, 4.69) is 25.8 Å². The summed E-state index contributed by atoms with van der Waals surface area (Å²) >= 11 is 0. The van der Waals surface area contributed by atoms with E-state index in [-0.39, 0.29) is 11.8 Å². The molecule has 0 aromatic carbocycles. The van der Waals surface area contributed by atoms with Crippen molar-refractivity contribution in [1.82, 2.24) is 29.9 Å². The number of anilines is 1. The Bertz CT molecular complexity index is 1060. The highest BCUT2D eigenvalue weighted by atomic mass is 16.3. The van der Waals surface area contributed by atoms with Gasteiger partial charge in [0, 0.05) is 32.1 Å². The lowest BCUT2D eigenvalue weighted by atomic mass is 9.85. The second kappa shape index (κ2) is 10.8. The van der Waals surface area contributed by atoms with Crippen molar-refractivity contribution < 1.29 is 9.90 Å². The van der Waals surface area contributed by atoms with Crippen LogP contribution in [0.15, 0.2) is 36.8 Å². The number of rotatable bonds is 7. The zero-order chi connectivity index (χ0) is 24.1. The predicted molar refractivity (Wildman–Crippen MR) is 131 cm³/mol. The van der Waals surface area contributed by atoms with Crippen LogP contribution in [0, 0.1) is 12.8 Å². The average molecular weight is 466 g/mol. The van der Waals surface area contributed by atoms with Gasteiger partial charge in [-0.25, -0.2) is 4.98 Å². The number of carbonyl (C=O) groups is 1. The van der Waals surface area contributed by atoms with Gasteiger partial charge in [-0.2, -0.15) is 10.2 Å². The summed E-state index contributed by atoms with van der Waals surface area (Å²) in [6.07, 6.45) is 12.0. The van der Waals surface area contributed by atoms with E-state index in [0.717, 1.165) is 42.5 Å². The van der Waals surface area contributed by atoms with E-state index in [9.17, 15) is 9.90 Å². The molecule has 0 radical (unpaired) electrons. The minimum absolute atomic E-state index is 0.177. The van der Waals surface area contributed by atoms with Crippen LogP contribution in [-0.2, 0) is 14.1 Å². The van der Waals surface area contributed by atoms with Crippen LogP contribution in [0.3, 0.4) is 0 Å².